The molecule has 0 spiro atoms. The number of fused-ring (bicyclic) bond motifs is 6. The van der Waals surface area contributed by atoms with Crippen LogP contribution in [0.4, 0.5) is 0 Å². The van der Waals surface area contributed by atoms with Crippen LogP contribution in [0.3, 0.4) is 0 Å². The number of hydrogen-bond acceptors (Lipinski definition) is 8. The Morgan fingerprint density at radius 3 is 0.893 bits per heavy atom. The van der Waals surface area contributed by atoms with E-state index < -0.39 is 10.8 Å². The zero-order valence-corrected chi connectivity index (χ0v) is 60.8. The van der Waals surface area contributed by atoms with Crippen molar-refractivity contribution in [3.8, 4) is 147 Å². The minimum Gasteiger partial charge on any atom is -0.457 e. The van der Waals surface area contributed by atoms with Crippen molar-refractivity contribution in [3.63, 3.8) is 0 Å². The van der Waals surface area contributed by atoms with E-state index in [1.807, 2.05) is 152 Å². The number of benzene rings is 16. The smallest absolute Gasteiger partial charge is 0.164 e. The third-order valence-corrected chi connectivity index (χ3v) is 21.9. The van der Waals surface area contributed by atoms with E-state index in [1.54, 1.807) is 0 Å². The molecule has 2 aliphatic carbocycles. The maximum absolute atomic E-state index is 6.57. The van der Waals surface area contributed by atoms with Gasteiger partial charge in [0.25, 0.3) is 0 Å². The molecule has 0 radical (unpaired) electrons. The van der Waals surface area contributed by atoms with Gasteiger partial charge in [-0.3, -0.25) is 0 Å². The van der Waals surface area contributed by atoms with Gasteiger partial charge < -0.3 is 9.47 Å². The van der Waals surface area contributed by atoms with Crippen molar-refractivity contribution in [1.82, 2.24) is 29.9 Å². The summed E-state index contributed by atoms with van der Waals surface area (Å²) in [5.41, 5.74) is 25.5. The minimum atomic E-state index is -0.641. The number of rotatable bonds is 17. The number of ether oxygens (including phenoxy) is 2. The quantitative estimate of drug-likeness (QED) is 0.0890. The third-order valence-electron chi connectivity index (χ3n) is 21.9. The first-order valence-electron chi connectivity index (χ1n) is 37.8. The third kappa shape index (κ3) is 11.9. The first-order chi connectivity index (χ1) is 55.5. The van der Waals surface area contributed by atoms with Gasteiger partial charge in [-0.2, -0.15) is 0 Å². The molecule has 526 valence electrons. The zero-order chi connectivity index (χ0) is 74.4. The van der Waals surface area contributed by atoms with Crippen LogP contribution in [-0.2, 0) is 10.8 Å². The van der Waals surface area contributed by atoms with Crippen LogP contribution >= 0.6 is 0 Å². The van der Waals surface area contributed by atoms with Gasteiger partial charge in [0, 0.05) is 33.4 Å². The predicted octanol–water partition coefficient (Wildman–Crippen LogP) is 25.4. The Labute approximate surface area is 650 Å². The average Bonchev–Trinajstić information content (AvgIpc) is 1.54. The van der Waals surface area contributed by atoms with Gasteiger partial charge >= 0.3 is 0 Å². The monoisotopic (exact) mass is 1430 g/mol. The molecule has 2 aliphatic rings. The lowest BCUT2D eigenvalue weighted by molar-refractivity contribution is 0.482. The lowest BCUT2D eigenvalue weighted by atomic mass is 9.67. The molecule has 0 saturated carbocycles. The van der Waals surface area contributed by atoms with Gasteiger partial charge in [-0.15, -0.1) is 0 Å². The largest absolute Gasteiger partial charge is 0.457 e. The van der Waals surface area contributed by atoms with E-state index in [2.05, 4.69) is 261 Å². The van der Waals surface area contributed by atoms with Crippen molar-refractivity contribution in [2.45, 2.75) is 10.8 Å². The Morgan fingerprint density at radius 1 is 0.161 bits per heavy atom. The molecule has 1 unspecified atom stereocenters. The molecular formula is C104H68N6O2. The highest BCUT2D eigenvalue weighted by atomic mass is 16.5. The van der Waals surface area contributed by atoms with Gasteiger partial charge in [0.2, 0.25) is 0 Å². The number of nitrogens with zero attached hydrogens (tertiary/aromatic N) is 6. The minimum absolute atomic E-state index is 0.480. The fourth-order valence-electron chi connectivity index (χ4n) is 16.7. The van der Waals surface area contributed by atoms with Gasteiger partial charge in [0.15, 0.2) is 34.9 Å². The van der Waals surface area contributed by atoms with E-state index in [0.29, 0.717) is 46.4 Å². The maximum atomic E-state index is 6.57. The molecule has 1 atom stereocenters. The fourth-order valence-corrected chi connectivity index (χ4v) is 16.7. The second kappa shape index (κ2) is 28.4. The van der Waals surface area contributed by atoms with Crippen LogP contribution in [0.2, 0.25) is 0 Å². The average molecular weight is 1430 g/mol. The van der Waals surface area contributed by atoms with Crippen LogP contribution in [0, 0.1) is 0 Å². The second-order valence-corrected chi connectivity index (χ2v) is 28.3. The molecule has 0 aliphatic heterocycles. The first kappa shape index (κ1) is 66.6. The molecule has 0 fully saturated rings. The highest BCUT2D eigenvalue weighted by molar-refractivity contribution is 5.96. The molecule has 0 bridgehead atoms. The summed E-state index contributed by atoms with van der Waals surface area (Å²) in [4.78, 5) is 30.2. The van der Waals surface area contributed by atoms with Crippen LogP contribution in [-0.4, -0.2) is 29.9 Å². The van der Waals surface area contributed by atoms with Crippen molar-refractivity contribution in [2.75, 3.05) is 0 Å². The Kier molecular flexibility index (Phi) is 16.9. The summed E-state index contributed by atoms with van der Waals surface area (Å²) < 4.78 is 13.1. The standard InChI is InChI=1S/C104H68N6O2/c1-7-25-72(26-8-1)97-105-98(73-27-9-2-10-28-73)107-100(106-97)75-51-62-87(63-52-75)112-85-60-49-71(50-61-85)88-41-24-44-94-96(88)91-40-20-22-43-93(91)103(94,80-33-13-4-14-34-80)83-56-45-69(46-57-83)77-31-23-32-79(67-77)102-109-99(74-29-11-3-12-30-74)108-101(110-102)76-53-64-86(65-54-76)111-84-58-47-70(48-59-84)78-55-66-90-89-39-19-21-42-92(89)104(95(90)68-78,81-35-15-5-16-36-81)82-37-17-6-18-38-82/h1-68H. The van der Waals surface area contributed by atoms with Crippen LogP contribution in [0.5, 0.6) is 23.0 Å². The van der Waals surface area contributed by atoms with Crippen LogP contribution in [0.15, 0.2) is 413 Å². The highest BCUT2D eigenvalue weighted by Crippen LogP contribution is 2.60. The van der Waals surface area contributed by atoms with Crippen molar-refractivity contribution in [3.05, 3.63) is 457 Å². The summed E-state index contributed by atoms with van der Waals surface area (Å²) >= 11 is 0. The molecule has 2 heterocycles. The zero-order valence-electron chi connectivity index (χ0n) is 60.8. The maximum Gasteiger partial charge on any atom is 0.164 e. The second-order valence-electron chi connectivity index (χ2n) is 28.3. The molecule has 0 amide bonds. The van der Waals surface area contributed by atoms with E-state index >= 15 is 0 Å². The van der Waals surface area contributed by atoms with Crippen molar-refractivity contribution >= 4 is 0 Å². The summed E-state index contributed by atoms with van der Waals surface area (Å²) in [5.74, 6) is 6.38. The van der Waals surface area contributed by atoms with Crippen molar-refractivity contribution in [1.29, 1.82) is 0 Å². The molecule has 18 aromatic rings. The molecule has 20 rings (SSSR count). The van der Waals surface area contributed by atoms with Gasteiger partial charge in [-0.25, -0.2) is 29.9 Å². The van der Waals surface area contributed by atoms with Gasteiger partial charge in [0.1, 0.15) is 23.0 Å². The van der Waals surface area contributed by atoms with E-state index in [0.717, 1.165) is 83.8 Å². The Bertz CT molecular complexity index is 6400. The summed E-state index contributed by atoms with van der Waals surface area (Å²) in [6.07, 6.45) is 0. The Balaban J connectivity index is 0.568. The molecule has 8 nitrogen and oxygen atoms in total. The molecule has 2 aromatic heterocycles. The molecule has 16 aromatic carbocycles. The number of aromatic nitrogens is 6. The van der Waals surface area contributed by atoms with Crippen molar-refractivity contribution < 1.29 is 9.47 Å². The summed E-state index contributed by atoms with van der Waals surface area (Å²) in [6, 6.07) is 145. The molecule has 8 heteroatoms. The normalized spacial score (nSPS) is 13.5. The Hall–Kier alpha value is -14.9. The van der Waals surface area contributed by atoms with E-state index in [-0.39, 0.29) is 0 Å². The molecular weight excluding hydrogens is 1370 g/mol. The molecule has 0 N–H and O–H groups in total. The summed E-state index contributed by atoms with van der Waals surface area (Å²) in [5, 5.41) is 0. The van der Waals surface area contributed by atoms with Crippen molar-refractivity contribution in [2.24, 2.45) is 0 Å². The lowest BCUT2D eigenvalue weighted by Gasteiger charge is -2.34. The lowest BCUT2D eigenvalue weighted by Crippen LogP contribution is -2.28. The van der Waals surface area contributed by atoms with E-state index in [4.69, 9.17) is 39.4 Å². The van der Waals surface area contributed by atoms with Gasteiger partial charge in [0.05, 0.1) is 10.8 Å². The van der Waals surface area contributed by atoms with Gasteiger partial charge in [-0.05, 0) is 185 Å². The summed E-state index contributed by atoms with van der Waals surface area (Å²) in [6.45, 7) is 0. The van der Waals surface area contributed by atoms with Crippen LogP contribution in [0.25, 0.3) is 124 Å². The topological polar surface area (TPSA) is 95.8 Å². The molecule has 112 heavy (non-hydrogen) atoms. The number of hydrogen-bond donors (Lipinski definition) is 0. The van der Waals surface area contributed by atoms with Crippen LogP contribution < -0.4 is 9.47 Å². The van der Waals surface area contributed by atoms with E-state index in [1.165, 1.54) is 61.2 Å². The van der Waals surface area contributed by atoms with Crippen LogP contribution in [0.1, 0.15) is 44.5 Å². The Morgan fingerprint density at radius 2 is 0.438 bits per heavy atom. The first-order valence-corrected chi connectivity index (χ1v) is 37.8. The molecule has 0 saturated heterocycles. The fraction of sp³-hybridized carbons (Fsp3) is 0.0192. The SMILES string of the molecule is c1ccc(-c2nc(-c3ccccc3)nc(-c3ccc(Oc4ccc(-c5cccc6c5-c5ccccc5C6(c5ccccc5)c5ccc(-c6cccc(-c7nc(-c8ccccc8)nc(-c8ccc(Oc9ccc(-c%10ccc%11c(c%10)C(c%10ccccc%10)(c%10ccccc%10)c%10ccccc%10-%11)cc9)cc8)n7)c6)cc5)cc4)cc3)n2)cc1. The summed E-state index contributed by atoms with van der Waals surface area (Å²) in [7, 11) is 0. The highest BCUT2D eigenvalue weighted by Gasteiger charge is 2.48. The predicted molar refractivity (Wildman–Crippen MR) is 450 cm³/mol. The van der Waals surface area contributed by atoms with Gasteiger partial charge in [-0.1, -0.05) is 328 Å². The van der Waals surface area contributed by atoms with E-state index in [9.17, 15) is 0 Å².